The molecule has 0 aliphatic carbocycles. The van der Waals surface area contributed by atoms with Gasteiger partial charge in [0.15, 0.2) is 0 Å². The first kappa shape index (κ1) is 32.6. The van der Waals surface area contributed by atoms with Gasteiger partial charge in [-0.1, -0.05) is 54.6 Å². The Morgan fingerprint density at radius 3 is 1.62 bits per heavy atom. The molecule has 0 fully saturated rings. The Labute approximate surface area is 305 Å². The average molecular weight is 843 g/mol. The van der Waals surface area contributed by atoms with Crippen LogP contribution in [0.1, 0.15) is 0 Å². The third kappa shape index (κ3) is 6.33. The van der Waals surface area contributed by atoms with E-state index in [1.54, 1.807) is 55.8 Å². The van der Waals surface area contributed by atoms with E-state index < -0.39 is 0 Å². The van der Waals surface area contributed by atoms with Crippen molar-refractivity contribution in [3.8, 4) is 21.1 Å². The molecule has 0 radical (unpaired) electrons. The van der Waals surface area contributed by atoms with E-state index in [2.05, 4.69) is 75.4 Å². The zero-order valence-corrected chi connectivity index (χ0v) is 31.0. The minimum atomic E-state index is 0.708. The van der Waals surface area contributed by atoms with Gasteiger partial charge in [-0.05, 0) is 78.9 Å². The van der Waals surface area contributed by atoms with Crippen LogP contribution in [0.15, 0.2) is 95.7 Å². The standard InChI is InChI=1S/C13H8BrN3S.C13H9N3S.C9H4INS/c1-15-11-8-5-3-4-6-10(8)18-13(11)12-9(14)7-16-17(12)2;1-14-12-9-5-3-4-6-11(9)17-13(12)10-7-8-15-16(10)2;1-11-8-6-4-2-3-5-7(6)12-9(8)10/h3-7H,2H3;3-8H,2H3;2-5H. The van der Waals surface area contributed by atoms with Crippen molar-refractivity contribution < 1.29 is 0 Å². The number of thiophene rings is 3. The first-order valence-corrected chi connectivity index (χ1v) is 18.2. The van der Waals surface area contributed by atoms with E-state index in [0.29, 0.717) is 5.69 Å². The summed E-state index contributed by atoms with van der Waals surface area (Å²) in [6, 6.07) is 26.0. The summed E-state index contributed by atoms with van der Waals surface area (Å²) in [6.07, 6.45) is 3.51. The lowest BCUT2D eigenvalue weighted by molar-refractivity contribution is 0.777. The van der Waals surface area contributed by atoms with E-state index in [0.717, 1.165) is 65.4 Å². The molecule has 5 aromatic heterocycles. The molecule has 12 heteroatoms. The number of hydrogen-bond acceptors (Lipinski definition) is 5. The fourth-order valence-electron chi connectivity index (χ4n) is 4.99. The average Bonchev–Trinajstić information content (AvgIpc) is 3.90. The quantitative estimate of drug-likeness (QED) is 0.129. The van der Waals surface area contributed by atoms with Crippen molar-refractivity contribution in [3.63, 3.8) is 0 Å². The van der Waals surface area contributed by atoms with Crippen molar-refractivity contribution in [2.24, 2.45) is 14.1 Å². The summed E-state index contributed by atoms with van der Waals surface area (Å²) in [5.74, 6) is 0. The summed E-state index contributed by atoms with van der Waals surface area (Å²) in [5.41, 5.74) is 4.20. The number of aryl methyl sites for hydroxylation is 2. The second-order valence-corrected chi connectivity index (χ2v) is 15.7. The highest BCUT2D eigenvalue weighted by Gasteiger charge is 2.19. The number of benzene rings is 3. The normalized spacial score (nSPS) is 10.5. The van der Waals surface area contributed by atoms with Gasteiger partial charge in [0.25, 0.3) is 0 Å². The van der Waals surface area contributed by atoms with E-state index >= 15 is 0 Å². The number of rotatable bonds is 2. The molecule has 0 atom stereocenters. The monoisotopic (exact) mass is 841 g/mol. The second-order valence-electron chi connectivity index (χ2n) is 9.91. The van der Waals surface area contributed by atoms with E-state index in [4.69, 9.17) is 19.7 Å². The molecule has 5 heterocycles. The van der Waals surface area contributed by atoms with Gasteiger partial charge in [0.1, 0.15) is 0 Å². The van der Waals surface area contributed by atoms with Crippen molar-refractivity contribution in [1.82, 2.24) is 19.6 Å². The minimum absolute atomic E-state index is 0.708. The Hall–Kier alpha value is -4.36. The van der Waals surface area contributed by atoms with Crippen LogP contribution in [0.25, 0.3) is 65.9 Å². The lowest BCUT2D eigenvalue weighted by Gasteiger charge is -2.00. The minimum Gasteiger partial charge on any atom is -0.268 e. The lowest BCUT2D eigenvalue weighted by Crippen LogP contribution is -1.91. The number of halogens is 2. The van der Waals surface area contributed by atoms with Gasteiger partial charge in [0, 0.05) is 34.4 Å². The van der Waals surface area contributed by atoms with Crippen molar-refractivity contribution in [2.75, 3.05) is 0 Å². The van der Waals surface area contributed by atoms with Crippen molar-refractivity contribution in [3.05, 3.63) is 133 Å². The fraction of sp³-hybridized carbons (Fsp3) is 0.0571. The van der Waals surface area contributed by atoms with Crippen LogP contribution in [0.5, 0.6) is 0 Å². The highest BCUT2D eigenvalue weighted by Crippen LogP contribution is 2.46. The molecule has 0 spiro atoms. The van der Waals surface area contributed by atoms with E-state index in [1.807, 2.05) is 80.8 Å². The Morgan fingerprint density at radius 1 is 0.638 bits per heavy atom. The molecule has 0 amide bonds. The molecule has 47 heavy (non-hydrogen) atoms. The van der Waals surface area contributed by atoms with E-state index in [1.165, 1.54) is 4.70 Å². The summed E-state index contributed by atoms with van der Waals surface area (Å²) >= 11 is 10.7. The van der Waals surface area contributed by atoms with Gasteiger partial charge in [-0.15, -0.1) is 34.0 Å². The number of nitrogens with zero attached hydrogens (tertiary/aromatic N) is 7. The van der Waals surface area contributed by atoms with Gasteiger partial charge in [-0.2, -0.15) is 10.2 Å². The number of aromatic nitrogens is 4. The third-order valence-corrected chi connectivity index (χ3v) is 12.2. The summed E-state index contributed by atoms with van der Waals surface area (Å²) in [7, 11) is 3.78. The Bertz CT molecular complexity index is 2510. The molecule has 0 aliphatic rings. The maximum Gasteiger partial charge on any atom is 0.218 e. The zero-order chi connectivity index (χ0) is 33.1. The van der Waals surface area contributed by atoms with Gasteiger partial charge in [0.2, 0.25) is 17.1 Å². The van der Waals surface area contributed by atoms with Crippen LogP contribution >= 0.6 is 72.5 Å². The molecule has 0 saturated heterocycles. The smallest absolute Gasteiger partial charge is 0.218 e. The van der Waals surface area contributed by atoms with Crippen LogP contribution in [0, 0.1) is 22.6 Å². The van der Waals surface area contributed by atoms with Gasteiger partial charge < -0.3 is 0 Å². The van der Waals surface area contributed by atoms with Crippen molar-refractivity contribution >= 4 is 120 Å². The van der Waals surface area contributed by atoms with E-state index in [9.17, 15) is 0 Å². The summed E-state index contributed by atoms with van der Waals surface area (Å²) < 4.78 is 9.09. The van der Waals surface area contributed by atoms with Crippen molar-refractivity contribution in [1.29, 1.82) is 0 Å². The maximum atomic E-state index is 7.41. The van der Waals surface area contributed by atoms with Crippen LogP contribution < -0.4 is 0 Å². The summed E-state index contributed by atoms with van der Waals surface area (Å²) in [4.78, 5) is 12.9. The first-order chi connectivity index (χ1) is 22.9. The zero-order valence-electron chi connectivity index (χ0n) is 24.8. The lowest BCUT2D eigenvalue weighted by atomic mass is 10.2. The van der Waals surface area contributed by atoms with Crippen LogP contribution in [0.3, 0.4) is 0 Å². The Kier molecular flexibility index (Phi) is 9.83. The van der Waals surface area contributed by atoms with Crippen LogP contribution in [-0.4, -0.2) is 19.6 Å². The molecule has 0 saturated carbocycles. The molecule has 7 nitrogen and oxygen atoms in total. The second kappa shape index (κ2) is 14.2. The maximum absolute atomic E-state index is 7.41. The molecular formula is C35H21BrIN7S3. The Balaban J connectivity index is 0.000000126. The number of fused-ring (bicyclic) bond motifs is 3. The topological polar surface area (TPSA) is 48.7 Å². The first-order valence-electron chi connectivity index (χ1n) is 13.8. The number of hydrogen-bond donors (Lipinski definition) is 0. The SMILES string of the molecule is [C-]#[N+]c1c(-c2c(Br)cnn2C)sc2ccccc12.[C-]#[N+]c1c(-c2ccnn2C)sc2ccccc12.[C-]#[N+]c1c(I)sc2ccccc12. The predicted octanol–water partition coefficient (Wildman–Crippen LogP) is 12.5. The molecule has 228 valence electrons. The molecule has 0 aliphatic heterocycles. The molecule has 0 bridgehead atoms. The fourth-order valence-corrected chi connectivity index (χ4v) is 10.1. The highest BCUT2D eigenvalue weighted by atomic mass is 127. The largest absolute Gasteiger partial charge is 0.268 e. The molecule has 0 N–H and O–H groups in total. The summed E-state index contributed by atoms with van der Waals surface area (Å²) in [6.45, 7) is 21.8. The van der Waals surface area contributed by atoms with Crippen LogP contribution in [0.4, 0.5) is 17.1 Å². The third-order valence-electron chi connectivity index (χ3n) is 7.16. The van der Waals surface area contributed by atoms with Crippen LogP contribution in [0.2, 0.25) is 0 Å². The molecule has 8 rings (SSSR count). The van der Waals surface area contributed by atoms with Crippen LogP contribution in [-0.2, 0) is 14.1 Å². The predicted molar refractivity (Wildman–Crippen MR) is 209 cm³/mol. The van der Waals surface area contributed by atoms with Gasteiger partial charge in [0.05, 0.1) is 54.4 Å². The summed E-state index contributed by atoms with van der Waals surface area (Å²) in [5, 5.41) is 11.5. The molecule has 8 aromatic rings. The van der Waals surface area contributed by atoms with Gasteiger partial charge in [-0.3, -0.25) is 9.36 Å². The Morgan fingerprint density at radius 2 is 1.13 bits per heavy atom. The van der Waals surface area contributed by atoms with E-state index in [-0.39, 0.29) is 0 Å². The molecular weight excluding hydrogens is 821 g/mol. The molecule has 3 aromatic carbocycles. The highest BCUT2D eigenvalue weighted by molar-refractivity contribution is 14.1. The van der Waals surface area contributed by atoms with Gasteiger partial charge in [-0.25, -0.2) is 14.5 Å². The molecule has 0 unspecified atom stereocenters. The van der Waals surface area contributed by atoms with Gasteiger partial charge >= 0.3 is 0 Å². The van der Waals surface area contributed by atoms with Crippen molar-refractivity contribution in [2.45, 2.75) is 0 Å².